The fourth-order valence-corrected chi connectivity index (χ4v) is 3.17. The van der Waals surface area contributed by atoms with Gasteiger partial charge in [0.05, 0.1) is 0 Å². The molecule has 3 aromatic rings. The Morgan fingerprint density at radius 1 is 0.789 bits per heavy atom. The molecule has 0 atom stereocenters. The number of Topliss-reactive ketones (excluding diaryl/α,β-unsaturated/α-hetero) is 1. The Morgan fingerprint density at radius 2 is 1.58 bits per heavy atom. The first-order valence-corrected chi connectivity index (χ1v) is 6.80. The quantitative estimate of drug-likeness (QED) is 0.533. The van der Waals surface area contributed by atoms with Crippen LogP contribution in [0.1, 0.15) is 28.8 Å². The van der Waals surface area contributed by atoms with Crippen molar-refractivity contribution >= 4 is 27.3 Å². The molecule has 0 aliphatic heterocycles. The summed E-state index contributed by atoms with van der Waals surface area (Å²) in [4.78, 5) is 12.0. The SMILES string of the molecule is O=C1CCCc2c1ccc1cc3ccccc3cc21. The van der Waals surface area contributed by atoms with Crippen LogP contribution in [0.25, 0.3) is 21.5 Å². The van der Waals surface area contributed by atoms with E-state index in [9.17, 15) is 4.79 Å². The maximum atomic E-state index is 12.0. The highest BCUT2D eigenvalue weighted by atomic mass is 16.1. The second-order valence-electron chi connectivity index (χ2n) is 5.29. The smallest absolute Gasteiger partial charge is 0.163 e. The molecule has 19 heavy (non-hydrogen) atoms. The largest absolute Gasteiger partial charge is 0.294 e. The Hall–Kier alpha value is -2.15. The molecule has 1 heteroatoms. The molecule has 1 aliphatic carbocycles. The number of benzene rings is 3. The summed E-state index contributed by atoms with van der Waals surface area (Å²) in [6, 6.07) is 17.0. The highest BCUT2D eigenvalue weighted by molar-refractivity contribution is 6.06. The first-order valence-electron chi connectivity index (χ1n) is 6.80. The van der Waals surface area contributed by atoms with Crippen molar-refractivity contribution in [2.75, 3.05) is 0 Å². The molecule has 4 rings (SSSR count). The van der Waals surface area contributed by atoms with Gasteiger partial charge >= 0.3 is 0 Å². The van der Waals surface area contributed by atoms with Gasteiger partial charge in [0, 0.05) is 12.0 Å². The van der Waals surface area contributed by atoms with Crippen LogP contribution < -0.4 is 0 Å². The van der Waals surface area contributed by atoms with Gasteiger partial charge in [-0.3, -0.25) is 4.79 Å². The van der Waals surface area contributed by atoms with Crippen molar-refractivity contribution < 1.29 is 4.79 Å². The minimum Gasteiger partial charge on any atom is -0.294 e. The van der Waals surface area contributed by atoms with Crippen LogP contribution >= 0.6 is 0 Å². The second kappa shape index (κ2) is 3.92. The van der Waals surface area contributed by atoms with Gasteiger partial charge in [-0.15, -0.1) is 0 Å². The molecule has 0 N–H and O–H groups in total. The van der Waals surface area contributed by atoms with Crippen LogP contribution in [0.15, 0.2) is 48.5 Å². The maximum Gasteiger partial charge on any atom is 0.163 e. The fraction of sp³-hybridized carbons (Fsp3) is 0.167. The topological polar surface area (TPSA) is 17.1 Å². The third kappa shape index (κ3) is 1.58. The third-order valence-corrected chi connectivity index (χ3v) is 4.13. The van der Waals surface area contributed by atoms with Crippen molar-refractivity contribution in [3.63, 3.8) is 0 Å². The predicted molar refractivity (Wildman–Crippen MR) is 78.7 cm³/mol. The number of fused-ring (bicyclic) bond motifs is 4. The number of hydrogen-bond donors (Lipinski definition) is 0. The molecule has 3 aromatic carbocycles. The first kappa shape index (κ1) is 10.7. The van der Waals surface area contributed by atoms with Gasteiger partial charge in [0.25, 0.3) is 0 Å². The summed E-state index contributed by atoms with van der Waals surface area (Å²) in [5, 5.41) is 5.01. The summed E-state index contributed by atoms with van der Waals surface area (Å²) in [5.74, 6) is 0.302. The predicted octanol–water partition coefficient (Wildman–Crippen LogP) is 4.51. The lowest BCUT2D eigenvalue weighted by Gasteiger charge is -2.17. The Balaban J connectivity index is 2.13. The molecule has 1 nitrogen and oxygen atoms in total. The molecule has 0 saturated carbocycles. The summed E-state index contributed by atoms with van der Waals surface area (Å²) >= 11 is 0. The highest BCUT2D eigenvalue weighted by Crippen LogP contribution is 2.31. The molecule has 0 aromatic heterocycles. The Bertz CT molecular complexity index is 814. The lowest BCUT2D eigenvalue weighted by molar-refractivity contribution is 0.0973. The van der Waals surface area contributed by atoms with Crippen molar-refractivity contribution in [3.8, 4) is 0 Å². The van der Waals surface area contributed by atoms with E-state index in [1.165, 1.54) is 27.1 Å². The molecule has 0 unspecified atom stereocenters. The van der Waals surface area contributed by atoms with Gasteiger partial charge < -0.3 is 0 Å². The molecule has 0 heterocycles. The van der Waals surface area contributed by atoms with E-state index < -0.39 is 0 Å². The molecular weight excluding hydrogens is 232 g/mol. The lowest BCUT2D eigenvalue weighted by Crippen LogP contribution is -2.10. The Morgan fingerprint density at radius 3 is 2.42 bits per heavy atom. The van der Waals surface area contributed by atoms with Gasteiger partial charge in [-0.1, -0.05) is 36.4 Å². The van der Waals surface area contributed by atoms with Crippen molar-refractivity contribution in [2.45, 2.75) is 19.3 Å². The Kier molecular flexibility index (Phi) is 2.22. The van der Waals surface area contributed by atoms with Crippen LogP contribution in [0.4, 0.5) is 0 Å². The molecular formula is C18H14O. The van der Waals surface area contributed by atoms with Crippen LogP contribution in [0.3, 0.4) is 0 Å². The van der Waals surface area contributed by atoms with Gasteiger partial charge in [0.1, 0.15) is 0 Å². The summed E-state index contributed by atoms with van der Waals surface area (Å²) in [5.41, 5.74) is 2.19. The average Bonchev–Trinajstić information content (AvgIpc) is 2.45. The molecule has 0 saturated heterocycles. The van der Waals surface area contributed by atoms with E-state index >= 15 is 0 Å². The van der Waals surface area contributed by atoms with Crippen LogP contribution in [-0.2, 0) is 6.42 Å². The van der Waals surface area contributed by atoms with E-state index in [-0.39, 0.29) is 0 Å². The fourth-order valence-electron chi connectivity index (χ4n) is 3.17. The zero-order valence-electron chi connectivity index (χ0n) is 10.6. The molecule has 92 valence electrons. The van der Waals surface area contributed by atoms with Crippen molar-refractivity contribution in [1.82, 2.24) is 0 Å². The number of ketones is 1. The summed E-state index contributed by atoms with van der Waals surface area (Å²) < 4.78 is 0. The zero-order valence-corrected chi connectivity index (χ0v) is 10.6. The molecule has 0 amide bonds. The van der Waals surface area contributed by atoms with E-state index in [0.717, 1.165) is 18.4 Å². The summed E-state index contributed by atoms with van der Waals surface area (Å²) in [6.07, 6.45) is 2.71. The van der Waals surface area contributed by atoms with Gasteiger partial charge in [0.2, 0.25) is 0 Å². The molecule has 0 fully saturated rings. The monoisotopic (exact) mass is 246 g/mol. The van der Waals surface area contributed by atoms with E-state index in [4.69, 9.17) is 0 Å². The number of carbonyl (C=O) groups excluding carboxylic acids is 1. The van der Waals surface area contributed by atoms with E-state index in [2.05, 4.69) is 42.5 Å². The van der Waals surface area contributed by atoms with Crippen molar-refractivity contribution in [3.05, 3.63) is 59.7 Å². The number of aryl methyl sites for hydroxylation is 1. The Labute approximate surface area is 111 Å². The van der Waals surface area contributed by atoms with Gasteiger partial charge in [-0.05, 0) is 52.1 Å². The minimum atomic E-state index is 0.302. The second-order valence-corrected chi connectivity index (χ2v) is 5.29. The van der Waals surface area contributed by atoms with Gasteiger partial charge in [-0.2, -0.15) is 0 Å². The molecule has 1 aliphatic rings. The normalized spacial score (nSPS) is 14.8. The number of rotatable bonds is 0. The first-order chi connectivity index (χ1) is 9.33. The van der Waals surface area contributed by atoms with E-state index in [1.54, 1.807) is 0 Å². The van der Waals surface area contributed by atoms with Crippen LogP contribution in [0, 0.1) is 0 Å². The molecule has 0 radical (unpaired) electrons. The minimum absolute atomic E-state index is 0.302. The lowest BCUT2D eigenvalue weighted by atomic mass is 9.86. The summed E-state index contributed by atoms with van der Waals surface area (Å²) in [6.45, 7) is 0. The van der Waals surface area contributed by atoms with Gasteiger partial charge in [0.15, 0.2) is 5.78 Å². The van der Waals surface area contributed by atoms with Crippen molar-refractivity contribution in [2.24, 2.45) is 0 Å². The summed E-state index contributed by atoms with van der Waals surface area (Å²) in [7, 11) is 0. The number of carbonyl (C=O) groups is 1. The average molecular weight is 246 g/mol. The highest BCUT2D eigenvalue weighted by Gasteiger charge is 2.18. The zero-order chi connectivity index (χ0) is 12.8. The van der Waals surface area contributed by atoms with E-state index in [0.29, 0.717) is 12.2 Å². The van der Waals surface area contributed by atoms with E-state index in [1.807, 2.05) is 6.07 Å². The molecule has 0 spiro atoms. The van der Waals surface area contributed by atoms with Crippen LogP contribution in [-0.4, -0.2) is 5.78 Å². The number of hydrogen-bond acceptors (Lipinski definition) is 1. The molecule has 0 bridgehead atoms. The third-order valence-electron chi connectivity index (χ3n) is 4.13. The van der Waals surface area contributed by atoms with Crippen molar-refractivity contribution in [1.29, 1.82) is 0 Å². The van der Waals surface area contributed by atoms with Crippen LogP contribution in [0.5, 0.6) is 0 Å². The van der Waals surface area contributed by atoms with Crippen LogP contribution in [0.2, 0.25) is 0 Å². The van der Waals surface area contributed by atoms with Gasteiger partial charge in [-0.25, -0.2) is 0 Å². The maximum absolute atomic E-state index is 12.0. The standard InChI is InChI=1S/C18H14O/c19-18-7-3-6-15-16(18)9-8-14-10-12-4-1-2-5-13(12)11-17(14)15/h1-2,4-5,8-11H,3,6-7H2.